The molecular formula is C16H31BrN2O4. The molecule has 1 N–H and O–H groups in total. The predicted molar refractivity (Wildman–Crippen MR) is 95.3 cm³/mol. The van der Waals surface area contributed by atoms with Crippen molar-refractivity contribution in [2.24, 2.45) is 0 Å². The average Bonchev–Trinajstić information content (AvgIpc) is 2.58. The molecule has 136 valence electrons. The first-order valence-corrected chi connectivity index (χ1v) is 8.75. The molecule has 0 aromatic carbocycles. The molecule has 0 saturated carbocycles. The fourth-order valence-electron chi connectivity index (χ4n) is 1.73. The quantitative estimate of drug-likeness (QED) is 0.573. The molecule has 2 aliphatic heterocycles. The summed E-state index contributed by atoms with van der Waals surface area (Å²) >= 11 is 3.11. The van der Waals surface area contributed by atoms with E-state index < -0.39 is 0 Å². The number of rotatable bonds is 3. The topological polar surface area (TPSA) is 67.9 Å². The van der Waals surface area contributed by atoms with Crippen LogP contribution in [-0.2, 0) is 19.1 Å². The first-order valence-electron chi connectivity index (χ1n) is 7.96. The summed E-state index contributed by atoms with van der Waals surface area (Å²) in [6.07, 6.45) is 1.85. The van der Waals surface area contributed by atoms with E-state index in [1.807, 2.05) is 13.8 Å². The van der Waals surface area contributed by atoms with Crippen LogP contribution >= 0.6 is 15.9 Å². The maximum absolute atomic E-state index is 10.6. The lowest BCUT2D eigenvalue weighted by atomic mass is 10.1. The van der Waals surface area contributed by atoms with E-state index in [0.29, 0.717) is 0 Å². The molecule has 0 aromatic heterocycles. The molecule has 0 atom stereocenters. The van der Waals surface area contributed by atoms with Gasteiger partial charge in [0.15, 0.2) is 0 Å². The SMILES string of the molecule is C1COCCN1.CC(C)(Br)C=O.CC(C)(C=O)N1CCOCC1. The monoisotopic (exact) mass is 394 g/mol. The van der Waals surface area contributed by atoms with Gasteiger partial charge in [0.2, 0.25) is 0 Å². The molecule has 7 heteroatoms. The van der Waals surface area contributed by atoms with Crippen LogP contribution in [0, 0.1) is 0 Å². The van der Waals surface area contributed by atoms with Crippen molar-refractivity contribution in [1.82, 2.24) is 10.2 Å². The van der Waals surface area contributed by atoms with Crippen molar-refractivity contribution < 1.29 is 19.1 Å². The second-order valence-corrected chi connectivity index (χ2v) is 8.46. The van der Waals surface area contributed by atoms with Crippen molar-refractivity contribution in [3.8, 4) is 0 Å². The molecule has 0 spiro atoms. The van der Waals surface area contributed by atoms with Crippen LogP contribution in [0.5, 0.6) is 0 Å². The number of nitrogens with zero attached hydrogens (tertiary/aromatic N) is 1. The second-order valence-electron chi connectivity index (χ2n) is 6.42. The van der Waals surface area contributed by atoms with E-state index in [4.69, 9.17) is 9.47 Å². The standard InChI is InChI=1S/C8H15NO2.C4H7BrO.C4H9NO/c1-8(2,7-10)9-3-5-11-6-4-9;1-4(2,5)3-6;1-3-6-4-2-5-1/h7H,3-6H2,1-2H3;3H,1-2H3;5H,1-4H2. The Kier molecular flexibility index (Phi) is 11.9. The number of hydrogen-bond donors (Lipinski definition) is 1. The van der Waals surface area contributed by atoms with Gasteiger partial charge in [-0.2, -0.15) is 0 Å². The smallest absolute Gasteiger partial charge is 0.139 e. The molecule has 2 fully saturated rings. The fraction of sp³-hybridized carbons (Fsp3) is 0.875. The van der Waals surface area contributed by atoms with E-state index in [9.17, 15) is 9.59 Å². The minimum absolute atomic E-state index is 0.316. The molecule has 6 nitrogen and oxygen atoms in total. The van der Waals surface area contributed by atoms with Gasteiger partial charge in [0.1, 0.15) is 12.6 Å². The fourth-order valence-corrected chi connectivity index (χ4v) is 1.73. The average molecular weight is 395 g/mol. The molecule has 0 unspecified atom stereocenters. The van der Waals surface area contributed by atoms with Crippen molar-refractivity contribution in [3.05, 3.63) is 0 Å². The minimum atomic E-state index is -0.326. The van der Waals surface area contributed by atoms with Gasteiger partial charge >= 0.3 is 0 Å². The highest BCUT2D eigenvalue weighted by molar-refractivity contribution is 9.10. The van der Waals surface area contributed by atoms with Crippen LogP contribution in [0.1, 0.15) is 27.7 Å². The molecular weight excluding hydrogens is 364 g/mol. The lowest BCUT2D eigenvalue weighted by Crippen LogP contribution is -2.50. The van der Waals surface area contributed by atoms with Crippen molar-refractivity contribution in [2.75, 3.05) is 52.6 Å². The molecule has 0 bridgehead atoms. The first-order chi connectivity index (χ1) is 10.7. The number of hydrogen-bond acceptors (Lipinski definition) is 6. The Labute approximate surface area is 148 Å². The summed E-state index contributed by atoms with van der Waals surface area (Å²) in [5.74, 6) is 0. The van der Waals surface area contributed by atoms with Crippen molar-refractivity contribution in [3.63, 3.8) is 0 Å². The molecule has 0 radical (unpaired) electrons. The lowest BCUT2D eigenvalue weighted by Gasteiger charge is -2.36. The predicted octanol–water partition coefficient (Wildman–Crippen LogP) is 1.26. The molecule has 2 saturated heterocycles. The first kappa shape index (κ1) is 22.7. The highest BCUT2D eigenvalue weighted by Crippen LogP contribution is 2.12. The van der Waals surface area contributed by atoms with Crippen LogP contribution in [0.25, 0.3) is 0 Å². The molecule has 0 aromatic rings. The van der Waals surface area contributed by atoms with Gasteiger partial charge < -0.3 is 24.4 Å². The zero-order chi connectivity index (χ0) is 17.8. The van der Waals surface area contributed by atoms with E-state index in [1.54, 1.807) is 13.8 Å². The van der Waals surface area contributed by atoms with Crippen molar-refractivity contribution >= 4 is 28.5 Å². The number of halogens is 1. The molecule has 2 aliphatic rings. The van der Waals surface area contributed by atoms with Crippen LogP contribution in [0.4, 0.5) is 0 Å². The molecule has 0 amide bonds. The summed E-state index contributed by atoms with van der Waals surface area (Å²) in [6, 6.07) is 0. The van der Waals surface area contributed by atoms with Crippen molar-refractivity contribution in [2.45, 2.75) is 37.6 Å². The van der Waals surface area contributed by atoms with Crippen LogP contribution < -0.4 is 5.32 Å². The summed E-state index contributed by atoms with van der Waals surface area (Å²) in [5, 5.41) is 3.16. The van der Waals surface area contributed by atoms with E-state index in [-0.39, 0.29) is 9.86 Å². The lowest BCUT2D eigenvalue weighted by molar-refractivity contribution is -0.119. The number of carbonyl (C=O) groups excluding carboxylic acids is 2. The van der Waals surface area contributed by atoms with E-state index in [1.165, 1.54) is 0 Å². The second kappa shape index (κ2) is 12.1. The Bertz CT molecular complexity index is 311. The Morgan fingerprint density at radius 2 is 1.35 bits per heavy atom. The largest absolute Gasteiger partial charge is 0.379 e. The Morgan fingerprint density at radius 3 is 1.61 bits per heavy atom. The van der Waals surface area contributed by atoms with Gasteiger partial charge in [-0.3, -0.25) is 4.90 Å². The van der Waals surface area contributed by atoms with Gasteiger partial charge in [0.25, 0.3) is 0 Å². The molecule has 0 aliphatic carbocycles. The summed E-state index contributed by atoms with van der Waals surface area (Å²) in [4.78, 5) is 22.6. The number of nitrogens with one attached hydrogen (secondary N) is 1. The number of alkyl halides is 1. The summed E-state index contributed by atoms with van der Waals surface area (Å²) < 4.78 is 9.86. The Morgan fingerprint density at radius 1 is 0.913 bits per heavy atom. The van der Waals surface area contributed by atoms with Gasteiger partial charge in [-0.25, -0.2) is 0 Å². The maximum Gasteiger partial charge on any atom is 0.139 e. The maximum atomic E-state index is 10.6. The van der Waals surface area contributed by atoms with Crippen LogP contribution in [-0.4, -0.2) is 79.9 Å². The van der Waals surface area contributed by atoms with Crippen LogP contribution in [0.15, 0.2) is 0 Å². The molecule has 23 heavy (non-hydrogen) atoms. The van der Waals surface area contributed by atoms with Gasteiger partial charge in [-0.05, 0) is 27.7 Å². The number of morpholine rings is 2. The highest BCUT2D eigenvalue weighted by Gasteiger charge is 2.27. The summed E-state index contributed by atoms with van der Waals surface area (Å²) in [5.41, 5.74) is -0.316. The number of carbonyl (C=O) groups is 2. The van der Waals surface area contributed by atoms with E-state index in [2.05, 4.69) is 26.1 Å². The third kappa shape index (κ3) is 12.7. The Hall–Kier alpha value is -0.340. The van der Waals surface area contributed by atoms with E-state index >= 15 is 0 Å². The zero-order valence-electron chi connectivity index (χ0n) is 14.8. The number of ether oxygens (including phenoxy) is 2. The zero-order valence-corrected chi connectivity index (χ0v) is 16.4. The van der Waals surface area contributed by atoms with Gasteiger partial charge in [0.05, 0.1) is 36.3 Å². The summed E-state index contributed by atoms with van der Waals surface area (Å²) in [6.45, 7) is 14.5. The third-order valence-corrected chi connectivity index (χ3v) is 3.43. The number of aldehydes is 2. The minimum Gasteiger partial charge on any atom is -0.379 e. The van der Waals surface area contributed by atoms with Gasteiger partial charge in [0, 0.05) is 26.2 Å². The normalized spacial score (nSPS) is 19.5. The Balaban J connectivity index is 0.000000344. The van der Waals surface area contributed by atoms with Crippen molar-refractivity contribution in [1.29, 1.82) is 0 Å². The highest BCUT2D eigenvalue weighted by atomic mass is 79.9. The van der Waals surface area contributed by atoms with Gasteiger partial charge in [-0.1, -0.05) is 15.9 Å². The van der Waals surface area contributed by atoms with Crippen LogP contribution in [0.3, 0.4) is 0 Å². The summed E-state index contributed by atoms with van der Waals surface area (Å²) in [7, 11) is 0. The van der Waals surface area contributed by atoms with Crippen LogP contribution in [0.2, 0.25) is 0 Å². The van der Waals surface area contributed by atoms with Gasteiger partial charge in [-0.15, -0.1) is 0 Å². The third-order valence-electron chi connectivity index (χ3n) is 3.24. The molecule has 2 rings (SSSR count). The van der Waals surface area contributed by atoms with E-state index in [0.717, 1.165) is 65.2 Å². The molecule has 2 heterocycles.